The Hall–Kier alpha value is -2.78. The molecule has 2 aromatic heterocycles. The van der Waals surface area contributed by atoms with Gasteiger partial charge in [0.2, 0.25) is 5.60 Å². The lowest BCUT2D eigenvalue weighted by atomic mass is 9.92. The molecule has 154 valence electrons. The zero-order chi connectivity index (χ0) is 20.6. The van der Waals surface area contributed by atoms with E-state index in [0.29, 0.717) is 31.6 Å². The van der Waals surface area contributed by atoms with Gasteiger partial charge in [-0.25, -0.2) is 9.50 Å². The highest BCUT2D eigenvalue weighted by atomic mass is 16.6. The fourth-order valence-corrected chi connectivity index (χ4v) is 3.77. The lowest BCUT2D eigenvalue weighted by Gasteiger charge is -2.24. The number of nitrogens with zero attached hydrogens (tertiary/aromatic N) is 4. The van der Waals surface area contributed by atoms with Crippen molar-refractivity contribution in [1.29, 1.82) is 5.26 Å². The van der Waals surface area contributed by atoms with Gasteiger partial charge in [0.1, 0.15) is 42.8 Å². The minimum absolute atomic E-state index is 0.189. The molecule has 0 amide bonds. The van der Waals surface area contributed by atoms with Gasteiger partial charge < -0.3 is 30.2 Å². The van der Waals surface area contributed by atoms with Crippen molar-refractivity contribution in [3.8, 4) is 6.07 Å². The molecule has 0 aromatic carbocycles. The molecule has 2 fully saturated rings. The Morgan fingerprint density at radius 2 is 2.17 bits per heavy atom. The van der Waals surface area contributed by atoms with Crippen LogP contribution >= 0.6 is 0 Å². The van der Waals surface area contributed by atoms with Crippen LogP contribution in [0.15, 0.2) is 18.5 Å². The predicted molar refractivity (Wildman–Crippen MR) is 96.1 cm³/mol. The van der Waals surface area contributed by atoms with Gasteiger partial charge in [-0.2, -0.15) is 10.4 Å². The van der Waals surface area contributed by atoms with E-state index in [1.165, 1.54) is 16.9 Å². The Morgan fingerprint density at radius 1 is 1.41 bits per heavy atom. The van der Waals surface area contributed by atoms with Gasteiger partial charge in [0.25, 0.3) is 0 Å². The standard InChI is InChI=1S/C18H21N5O6/c19-8-18(13-2-1-11-16(20)21-9-22-23(11)13)15(25)14(24)12(29-18)7-28-17(26)10-3-5-27-6-4-10/h1-2,9-10,12,14-15,24-25H,3-7H2,(H2,20,21,22)/t12-,14-,15-,18+/m1/s1. The first-order valence-electron chi connectivity index (χ1n) is 9.26. The predicted octanol–water partition coefficient (Wildman–Crippen LogP) is -0.879. The summed E-state index contributed by atoms with van der Waals surface area (Å²) in [5.41, 5.74) is 4.52. The molecule has 2 aliphatic heterocycles. The molecule has 4 heterocycles. The molecule has 0 unspecified atom stereocenters. The normalized spacial score (nSPS) is 30.3. The number of ether oxygens (including phenoxy) is 3. The third-order valence-electron chi connectivity index (χ3n) is 5.43. The van der Waals surface area contributed by atoms with Crippen molar-refractivity contribution in [2.75, 3.05) is 25.6 Å². The smallest absolute Gasteiger partial charge is 0.309 e. The molecule has 0 aliphatic carbocycles. The van der Waals surface area contributed by atoms with Gasteiger partial charge in [0.05, 0.1) is 11.6 Å². The Kier molecular flexibility index (Phi) is 5.10. The van der Waals surface area contributed by atoms with E-state index in [-0.39, 0.29) is 24.0 Å². The van der Waals surface area contributed by atoms with E-state index in [9.17, 15) is 20.3 Å². The fraction of sp³-hybridized carbons (Fsp3) is 0.556. The average molecular weight is 403 g/mol. The summed E-state index contributed by atoms with van der Waals surface area (Å²) in [7, 11) is 0. The summed E-state index contributed by atoms with van der Waals surface area (Å²) in [5.74, 6) is -0.502. The maximum Gasteiger partial charge on any atom is 0.309 e. The van der Waals surface area contributed by atoms with Crippen LogP contribution in [0.2, 0.25) is 0 Å². The molecule has 11 heteroatoms. The molecule has 4 rings (SSSR count). The second-order valence-electron chi connectivity index (χ2n) is 7.12. The van der Waals surface area contributed by atoms with E-state index < -0.39 is 29.9 Å². The van der Waals surface area contributed by atoms with Crippen LogP contribution in [-0.2, 0) is 24.6 Å². The molecule has 29 heavy (non-hydrogen) atoms. The molecule has 2 aromatic rings. The van der Waals surface area contributed by atoms with Gasteiger partial charge in [-0.1, -0.05) is 0 Å². The van der Waals surface area contributed by atoms with Crippen LogP contribution in [0.1, 0.15) is 18.5 Å². The van der Waals surface area contributed by atoms with Gasteiger partial charge in [0.15, 0.2) is 5.82 Å². The summed E-state index contributed by atoms with van der Waals surface area (Å²) in [6.45, 7) is 0.688. The summed E-state index contributed by atoms with van der Waals surface area (Å²) in [6.07, 6.45) is -1.78. The van der Waals surface area contributed by atoms with Crippen LogP contribution in [-0.4, -0.2) is 68.9 Å². The monoisotopic (exact) mass is 403 g/mol. The molecule has 4 atom stereocenters. The summed E-state index contributed by atoms with van der Waals surface area (Å²) < 4.78 is 17.6. The number of aromatic nitrogens is 3. The van der Waals surface area contributed by atoms with Gasteiger partial charge in [-0.3, -0.25) is 4.79 Å². The van der Waals surface area contributed by atoms with Crippen molar-refractivity contribution >= 4 is 17.3 Å². The first kappa shape index (κ1) is 19.5. The number of carbonyl (C=O) groups excluding carboxylic acids is 1. The number of hydrogen-bond acceptors (Lipinski definition) is 10. The number of carbonyl (C=O) groups is 1. The second kappa shape index (κ2) is 7.57. The van der Waals surface area contributed by atoms with Crippen LogP contribution in [0.5, 0.6) is 0 Å². The largest absolute Gasteiger partial charge is 0.463 e. The molecule has 0 spiro atoms. The molecular formula is C18H21N5O6. The Bertz CT molecular complexity index is 952. The molecule has 2 aliphatic rings. The first-order valence-corrected chi connectivity index (χ1v) is 9.26. The summed E-state index contributed by atoms with van der Waals surface area (Å²) >= 11 is 0. The fourth-order valence-electron chi connectivity index (χ4n) is 3.77. The highest BCUT2D eigenvalue weighted by Gasteiger charge is 2.57. The minimum atomic E-state index is -1.91. The highest BCUT2D eigenvalue weighted by Crippen LogP contribution is 2.40. The van der Waals surface area contributed by atoms with Crippen molar-refractivity contribution in [2.45, 2.75) is 36.8 Å². The minimum Gasteiger partial charge on any atom is -0.463 e. The van der Waals surface area contributed by atoms with Gasteiger partial charge >= 0.3 is 5.97 Å². The topological polar surface area (TPSA) is 165 Å². The number of nitriles is 1. The zero-order valence-corrected chi connectivity index (χ0v) is 15.5. The van der Waals surface area contributed by atoms with E-state index in [2.05, 4.69) is 10.1 Å². The lowest BCUT2D eigenvalue weighted by Crippen LogP contribution is -2.41. The van der Waals surface area contributed by atoms with Crippen molar-refractivity contribution in [3.63, 3.8) is 0 Å². The number of rotatable bonds is 4. The van der Waals surface area contributed by atoms with Crippen molar-refractivity contribution in [1.82, 2.24) is 14.6 Å². The third-order valence-corrected chi connectivity index (χ3v) is 5.43. The number of nitrogen functional groups attached to an aromatic ring is 1. The lowest BCUT2D eigenvalue weighted by molar-refractivity contribution is -0.158. The molecule has 0 radical (unpaired) electrons. The van der Waals surface area contributed by atoms with Crippen LogP contribution in [0, 0.1) is 17.2 Å². The number of fused-ring (bicyclic) bond motifs is 1. The molecule has 0 bridgehead atoms. The van der Waals surface area contributed by atoms with Crippen LogP contribution in [0.25, 0.3) is 5.52 Å². The Labute approximate surface area is 165 Å². The molecule has 2 saturated heterocycles. The first-order chi connectivity index (χ1) is 14.0. The number of hydrogen-bond donors (Lipinski definition) is 3. The average Bonchev–Trinajstić information content (AvgIpc) is 3.29. The SMILES string of the molecule is N#C[C@@]1(c2ccc3c(N)ncnn23)O[C@H](COC(=O)C2CCOCC2)[C@@H](O)[C@H]1O. The van der Waals surface area contributed by atoms with Crippen LogP contribution in [0.4, 0.5) is 5.82 Å². The second-order valence-corrected chi connectivity index (χ2v) is 7.12. The summed E-state index contributed by atoms with van der Waals surface area (Å²) in [5, 5.41) is 35.0. The number of aliphatic hydroxyl groups excluding tert-OH is 2. The molecule has 0 saturated carbocycles. The number of aliphatic hydroxyl groups is 2. The van der Waals surface area contributed by atoms with E-state index >= 15 is 0 Å². The van der Waals surface area contributed by atoms with Crippen LogP contribution in [0.3, 0.4) is 0 Å². The number of nitrogens with two attached hydrogens (primary N) is 1. The highest BCUT2D eigenvalue weighted by molar-refractivity contribution is 5.72. The van der Waals surface area contributed by atoms with Gasteiger partial charge in [-0.05, 0) is 25.0 Å². The maximum absolute atomic E-state index is 12.2. The van der Waals surface area contributed by atoms with Gasteiger partial charge in [-0.15, -0.1) is 0 Å². The Balaban J connectivity index is 1.55. The summed E-state index contributed by atoms with van der Waals surface area (Å²) in [6, 6.07) is 5.05. The molecular weight excluding hydrogens is 382 g/mol. The van der Waals surface area contributed by atoms with Crippen molar-refractivity contribution < 1.29 is 29.2 Å². The van der Waals surface area contributed by atoms with Crippen molar-refractivity contribution in [3.05, 3.63) is 24.2 Å². The Morgan fingerprint density at radius 3 is 2.90 bits per heavy atom. The third kappa shape index (κ3) is 3.20. The van der Waals surface area contributed by atoms with Gasteiger partial charge in [0, 0.05) is 13.2 Å². The van der Waals surface area contributed by atoms with Crippen molar-refractivity contribution in [2.24, 2.45) is 5.92 Å². The van der Waals surface area contributed by atoms with E-state index in [0.717, 1.165) is 0 Å². The maximum atomic E-state index is 12.2. The zero-order valence-electron chi connectivity index (χ0n) is 15.5. The molecule has 11 nitrogen and oxygen atoms in total. The number of esters is 1. The molecule has 4 N–H and O–H groups in total. The summed E-state index contributed by atoms with van der Waals surface area (Å²) in [4.78, 5) is 16.1. The number of anilines is 1. The van der Waals surface area contributed by atoms with E-state index in [1.807, 2.05) is 6.07 Å². The quantitative estimate of drug-likeness (QED) is 0.546. The van der Waals surface area contributed by atoms with E-state index in [1.54, 1.807) is 6.07 Å². The van der Waals surface area contributed by atoms with E-state index in [4.69, 9.17) is 19.9 Å². The van der Waals surface area contributed by atoms with Crippen LogP contribution < -0.4 is 5.73 Å².